The molecule has 0 bridgehead atoms. The van der Waals surface area contributed by atoms with Gasteiger partial charge in [-0.2, -0.15) is 11.8 Å². The van der Waals surface area contributed by atoms with Crippen LogP contribution in [0.15, 0.2) is 0 Å². The largest absolute Gasteiger partial charge is 0.379 e. The van der Waals surface area contributed by atoms with E-state index in [4.69, 9.17) is 9.47 Å². The molecule has 4 rings (SSSR count). The van der Waals surface area contributed by atoms with E-state index in [-0.39, 0.29) is 0 Å². The molecule has 2 heterocycles. The van der Waals surface area contributed by atoms with Crippen molar-refractivity contribution in [3.63, 3.8) is 0 Å². The van der Waals surface area contributed by atoms with Crippen molar-refractivity contribution in [2.45, 2.75) is 56.7 Å². The van der Waals surface area contributed by atoms with Crippen LogP contribution in [0.2, 0.25) is 0 Å². The van der Waals surface area contributed by atoms with E-state index in [0.717, 1.165) is 39.5 Å². The zero-order valence-corrected chi connectivity index (χ0v) is 15.3. The van der Waals surface area contributed by atoms with Crippen LogP contribution in [0.25, 0.3) is 0 Å². The van der Waals surface area contributed by atoms with E-state index in [1.54, 1.807) is 0 Å². The Morgan fingerprint density at radius 1 is 1.26 bits per heavy atom. The fourth-order valence-electron chi connectivity index (χ4n) is 5.17. The van der Waals surface area contributed by atoms with E-state index >= 15 is 0 Å². The molecule has 2 aliphatic heterocycles. The van der Waals surface area contributed by atoms with Crippen molar-refractivity contribution in [2.75, 3.05) is 51.0 Å². The van der Waals surface area contributed by atoms with Crippen molar-refractivity contribution >= 4 is 11.8 Å². The lowest BCUT2D eigenvalue weighted by Crippen LogP contribution is -2.69. The molecule has 0 radical (unpaired) electrons. The summed E-state index contributed by atoms with van der Waals surface area (Å²) in [6.45, 7) is 8.20. The first-order valence-corrected chi connectivity index (χ1v) is 10.7. The first-order chi connectivity index (χ1) is 11.3. The minimum absolute atomic E-state index is 0.371. The first-order valence-electron chi connectivity index (χ1n) is 9.55. The molecule has 23 heavy (non-hydrogen) atoms. The smallest absolute Gasteiger partial charge is 0.0661 e. The molecule has 0 aromatic rings. The predicted molar refractivity (Wildman–Crippen MR) is 95.2 cm³/mol. The van der Waals surface area contributed by atoms with Crippen molar-refractivity contribution < 1.29 is 9.47 Å². The van der Waals surface area contributed by atoms with Crippen LogP contribution in [0.5, 0.6) is 0 Å². The van der Waals surface area contributed by atoms with E-state index in [2.05, 4.69) is 28.9 Å². The second-order valence-corrected chi connectivity index (χ2v) is 8.93. The van der Waals surface area contributed by atoms with Gasteiger partial charge in [-0.15, -0.1) is 0 Å². The van der Waals surface area contributed by atoms with Crippen molar-refractivity contribution in [1.82, 2.24) is 10.2 Å². The van der Waals surface area contributed by atoms with E-state index in [1.807, 2.05) is 0 Å². The minimum atomic E-state index is 0.371. The van der Waals surface area contributed by atoms with Gasteiger partial charge in [0, 0.05) is 49.0 Å². The quantitative estimate of drug-likeness (QED) is 0.801. The molecule has 2 saturated carbocycles. The van der Waals surface area contributed by atoms with Crippen molar-refractivity contribution in [3.05, 3.63) is 0 Å². The van der Waals surface area contributed by atoms with Gasteiger partial charge in [0.2, 0.25) is 0 Å². The molecule has 4 aliphatic rings. The summed E-state index contributed by atoms with van der Waals surface area (Å²) in [5.74, 6) is 2.60. The van der Waals surface area contributed by atoms with Crippen LogP contribution >= 0.6 is 11.8 Å². The van der Waals surface area contributed by atoms with Crippen LogP contribution in [-0.4, -0.2) is 73.5 Å². The van der Waals surface area contributed by atoms with Crippen LogP contribution in [-0.2, 0) is 9.47 Å². The zero-order valence-electron chi connectivity index (χ0n) is 14.5. The van der Waals surface area contributed by atoms with Gasteiger partial charge in [0.15, 0.2) is 0 Å². The average molecular weight is 341 g/mol. The molecule has 5 heteroatoms. The summed E-state index contributed by atoms with van der Waals surface area (Å²) in [5, 5.41) is 4.00. The lowest BCUT2D eigenvalue weighted by Gasteiger charge is -2.62. The first kappa shape index (κ1) is 16.6. The van der Waals surface area contributed by atoms with E-state index < -0.39 is 0 Å². The highest BCUT2D eigenvalue weighted by atomic mass is 32.2. The molecule has 0 amide bonds. The lowest BCUT2D eigenvalue weighted by molar-refractivity contribution is -0.174. The summed E-state index contributed by atoms with van der Waals surface area (Å²) >= 11 is 2.13. The number of ether oxygens (including phenoxy) is 2. The van der Waals surface area contributed by atoms with Gasteiger partial charge in [-0.25, -0.2) is 0 Å². The number of nitrogens with one attached hydrogen (secondary N) is 1. The van der Waals surface area contributed by atoms with Crippen molar-refractivity contribution in [1.29, 1.82) is 0 Å². The van der Waals surface area contributed by atoms with Gasteiger partial charge in [-0.05, 0) is 38.4 Å². The summed E-state index contributed by atoms with van der Waals surface area (Å²) in [6.07, 6.45) is 7.21. The predicted octanol–water partition coefficient (Wildman–Crippen LogP) is 2.13. The molecule has 2 saturated heterocycles. The van der Waals surface area contributed by atoms with E-state index in [1.165, 1.54) is 43.6 Å². The topological polar surface area (TPSA) is 33.7 Å². The standard InChI is InChI=1S/C18H32N2O2S/c1-2-22-16-12-15(18(16)4-3-5-18)19-13-17(6-11-23-14-17)20-7-9-21-10-8-20/h15-16,19H,2-14H2,1H3/t15-,16-,17-/m1/s1. The number of hydrogen-bond acceptors (Lipinski definition) is 5. The molecule has 0 aromatic heterocycles. The second-order valence-electron chi connectivity index (χ2n) is 7.83. The highest BCUT2D eigenvalue weighted by Crippen LogP contribution is 2.57. The Morgan fingerprint density at radius 2 is 2.09 bits per heavy atom. The van der Waals surface area contributed by atoms with Gasteiger partial charge in [-0.1, -0.05) is 6.42 Å². The zero-order chi connectivity index (χ0) is 15.8. The van der Waals surface area contributed by atoms with Crippen molar-refractivity contribution in [2.24, 2.45) is 5.41 Å². The van der Waals surface area contributed by atoms with Gasteiger partial charge in [0.25, 0.3) is 0 Å². The van der Waals surface area contributed by atoms with Crippen LogP contribution in [0.1, 0.15) is 39.0 Å². The second kappa shape index (κ2) is 6.83. The van der Waals surface area contributed by atoms with Crippen LogP contribution < -0.4 is 5.32 Å². The number of nitrogens with zero attached hydrogens (tertiary/aromatic N) is 1. The molecule has 1 N–H and O–H groups in total. The van der Waals surface area contributed by atoms with Crippen LogP contribution in [0, 0.1) is 5.41 Å². The molecular formula is C18H32N2O2S. The van der Waals surface area contributed by atoms with Gasteiger partial charge in [0.1, 0.15) is 0 Å². The van der Waals surface area contributed by atoms with Gasteiger partial charge in [0.05, 0.1) is 19.3 Å². The Morgan fingerprint density at radius 3 is 2.70 bits per heavy atom. The Labute approximate surface area is 145 Å². The maximum atomic E-state index is 6.01. The molecule has 4 nitrogen and oxygen atoms in total. The Hall–Kier alpha value is 0.190. The Kier molecular flexibility index (Phi) is 4.94. The minimum Gasteiger partial charge on any atom is -0.379 e. The van der Waals surface area contributed by atoms with E-state index in [0.29, 0.717) is 23.1 Å². The lowest BCUT2D eigenvalue weighted by atomic mass is 9.51. The molecule has 2 aliphatic carbocycles. The third kappa shape index (κ3) is 2.86. The van der Waals surface area contributed by atoms with Crippen molar-refractivity contribution in [3.8, 4) is 0 Å². The number of hydrogen-bond donors (Lipinski definition) is 1. The van der Waals surface area contributed by atoms with E-state index in [9.17, 15) is 0 Å². The summed E-state index contributed by atoms with van der Waals surface area (Å²) in [4.78, 5) is 2.72. The average Bonchev–Trinajstić information content (AvgIpc) is 2.99. The molecular weight excluding hydrogens is 308 g/mol. The molecule has 0 unspecified atom stereocenters. The highest BCUT2D eigenvalue weighted by molar-refractivity contribution is 7.99. The van der Waals surface area contributed by atoms with Gasteiger partial charge < -0.3 is 14.8 Å². The summed E-state index contributed by atoms with van der Waals surface area (Å²) in [7, 11) is 0. The number of morpholine rings is 1. The SMILES string of the molecule is CCO[C@@H]1C[C@@H](NC[C@]2(N3CCOCC3)CCSC2)C12CCC2. The number of rotatable bonds is 6. The molecule has 0 aromatic carbocycles. The van der Waals surface area contributed by atoms with Gasteiger partial charge in [-0.3, -0.25) is 4.90 Å². The third-order valence-corrected chi connectivity index (χ3v) is 8.11. The maximum Gasteiger partial charge on any atom is 0.0661 e. The Balaban J connectivity index is 1.37. The molecule has 3 atom stereocenters. The molecule has 1 spiro atoms. The number of thioether (sulfide) groups is 1. The fraction of sp³-hybridized carbons (Fsp3) is 1.00. The molecule has 132 valence electrons. The molecule has 4 fully saturated rings. The van der Waals surface area contributed by atoms with Crippen LogP contribution in [0.3, 0.4) is 0 Å². The normalized spacial score (nSPS) is 40.0. The summed E-state index contributed by atoms with van der Waals surface area (Å²) < 4.78 is 11.6. The fourth-order valence-corrected chi connectivity index (χ4v) is 6.65. The third-order valence-electron chi connectivity index (χ3n) is 6.88. The highest BCUT2D eigenvalue weighted by Gasteiger charge is 2.59. The Bertz CT molecular complexity index is 404. The van der Waals surface area contributed by atoms with Gasteiger partial charge >= 0.3 is 0 Å². The maximum absolute atomic E-state index is 6.01. The summed E-state index contributed by atoms with van der Waals surface area (Å²) in [5.41, 5.74) is 0.851. The summed E-state index contributed by atoms with van der Waals surface area (Å²) in [6, 6.07) is 0.691. The van der Waals surface area contributed by atoms with Crippen LogP contribution in [0.4, 0.5) is 0 Å². The monoisotopic (exact) mass is 340 g/mol.